The summed E-state index contributed by atoms with van der Waals surface area (Å²) in [6, 6.07) is 82.6. The van der Waals surface area contributed by atoms with Crippen molar-refractivity contribution in [2.45, 2.75) is 57.0 Å². The molecule has 1 spiro atoms. The van der Waals surface area contributed by atoms with E-state index in [9.17, 15) is 0 Å². The van der Waals surface area contributed by atoms with Gasteiger partial charge in [-0.2, -0.15) is 26.3 Å². The van der Waals surface area contributed by atoms with Crippen LogP contribution in [0, 0.1) is 0 Å². The molecular formula is C83H59F6N3O2Si2. The van der Waals surface area contributed by atoms with Crippen molar-refractivity contribution >= 4 is 148 Å². The highest BCUT2D eigenvalue weighted by atomic mass is 28.3. The van der Waals surface area contributed by atoms with Gasteiger partial charge < -0.3 is 23.2 Å². The molecule has 16 aromatic rings. The first-order valence-corrected chi connectivity index (χ1v) is 39.3. The molecule has 1 aliphatic carbocycles. The summed E-state index contributed by atoms with van der Waals surface area (Å²) < 4.78 is 107. The van der Waals surface area contributed by atoms with E-state index in [0.29, 0.717) is 44.1 Å². The molecular weight excluding hydrogens is 1240 g/mol. The number of rotatable bonds is 8. The highest BCUT2D eigenvalue weighted by Crippen LogP contribution is 2.66. The summed E-state index contributed by atoms with van der Waals surface area (Å²) in [6.07, 6.45) is -9.38. The molecule has 18 rings (SSSR count). The molecule has 13 aromatic carbocycles. The van der Waals surface area contributed by atoms with E-state index in [4.69, 9.17) is 8.83 Å². The zero-order valence-electron chi connectivity index (χ0n) is 53.1. The van der Waals surface area contributed by atoms with Gasteiger partial charge in [0.2, 0.25) is 0 Å². The third-order valence-corrected chi connectivity index (χ3v) is 24.4. The van der Waals surface area contributed by atoms with E-state index >= 15 is 26.3 Å². The summed E-state index contributed by atoms with van der Waals surface area (Å²) in [5, 5.41) is 10.1. The fourth-order valence-electron chi connectivity index (χ4n) is 16.1. The Morgan fingerprint density at radius 3 is 1.18 bits per heavy atom. The average molecular weight is 1300 g/mol. The van der Waals surface area contributed by atoms with Crippen LogP contribution in [0.25, 0.3) is 104 Å². The van der Waals surface area contributed by atoms with Crippen molar-refractivity contribution in [1.82, 2.24) is 4.57 Å². The smallest absolute Gasteiger partial charge is 0.420 e. The van der Waals surface area contributed by atoms with Gasteiger partial charge in [-0.05, 0) is 117 Å². The number of alkyl halides is 6. The third kappa shape index (κ3) is 8.16. The Hall–Kier alpha value is -10.6. The van der Waals surface area contributed by atoms with E-state index in [2.05, 4.69) is 217 Å². The summed E-state index contributed by atoms with van der Waals surface area (Å²) in [4.78, 5) is 4.37. The topological polar surface area (TPSA) is 37.7 Å². The second-order valence-electron chi connectivity index (χ2n) is 27.7. The number of halogens is 6. The van der Waals surface area contributed by atoms with Gasteiger partial charge in [0.1, 0.15) is 11.2 Å². The first-order chi connectivity index (χ1) is 46.2. The van der Waals surface area contributed by atoms with Gasteiger partial charge in [0.25, 0.3) is 0 Å². The normalized spacial score (nSPS) is 13.7. The molecule has 0 saturated carbocycles. The maximum Gasteiger partial charge on any atom is 0.420 e. The number of fused-ring (bicyclic) bond motifs is 22. The number of nitrogens with zero attached hydrogens (tertiary/aromatic N) is 3. The van der Waals surface area contributed by atoms with E-state index < -0.39 is 45.0 Å². The number of para-hydroxylation sites is 7. The van der Waals surface area contributed by atoms with Crippen molar-refractivity contribution in [3.05, 3.63) is 282 Å². The molecule has 0 unspecified atom stereocenters. The molecule has 13 heteroatoms. The first kappa shape index (κ1) is 58.0. The summed E-state index contributed by atoms with van der Waals surface area (Å²) in [7, 11) is -3.75. The first-order valence-electron chi connectivity index (χ1n) is 32.3. The molecule has 0 saturated heterocycles. The molecule has 3 aromatic heterocycles. The lowest BCUT2D eigenvalue weighted by Crippen LogP contribution is -2.37. The van der Waals surface area contributed by atoms with E-state index in [-0.39, 0.29) is 11.2 Å². The van der Waals surface area contributed by atoms with Crippen LogP contribution in [0.15, 0.2) is 258 Å². The minimum Gasteiger partial charge on any atom is -0.453 e. The quantitative estimate of drug-likeness (QED) is 0.112. The monoisotopic (exact) mass is 1300 g/mol. The summed E-state index contributed by atoms with van der Waals surface area (Å²) in [5.74, 6) is 0. The summed E-state index contributed by atoms with van der Waals surface area (Å²) in [6.45, 7) is 13.9. The molecule has 2 aliphatic rings. The zero-order chi connectivity index (χ0) is 65.7. The van der Waals surface area contributed by atoms with Crippen molar-refractivity contribution in [2.24, 2.45) is 0 Å². The number of furan rings is 2. The number of anilines is 6. The second-order valence-corrected chi connectivity index (χ2v) is 37.8. The molecule has 0 amide bonds. The van der Waals surface area contributed by atoms with Crippen molar-refractivity contribution in [3.8, 4) is 16.8 Å². The van der Waals surface area contributed by atoms with Crippen LogP contribution in [-0.2, 0) is 17.8 Å². The van der Waals surface area contributed by atoms with Crippen molar-refractivity contribution in [2.75, 3.05) is 9.80 Å². The van der Waals surface area contributed by atoms with Crippen LogP contribution in [0.2, 0.25) is 39.3 Å². The van der Waals surface area contributed by atoms with Crippen LogP contribution in [0.3, 0.4) is 0 Å². The zero-order valence-corrected chi connectivity index (χ0v) is 55.1. The second kappa shape index (κ2) is 20.2. The van der Waals surface area contributed by atoms with Crippen LogP contribution in [0.5, 0.6) is 0 Å². The van der Waals surface area contributed by atoms with Crippen LogP contribution in [-0.4, -0.2) is 20.7 Å². The Morgan fingerprint density at radius 1 is 0.333 bits per heavy atom. The molecule has 0 radical (unpaired) electrons. The number of aromatic nitrogens is 1. The van der Waals surface area contributed by atoms with E-state index in [1.54, 1.807) is 12.1 Å². The fourth-order valence-corrected chi connectivity index (χ4v) is 18.4. The molecule has 468 valence electrons. The predicted octanol–water partition coefficient (Wildman–Crippen LogP) is 23.6. The molecule has 0 fully saturated rings. The Balaban J connectivity index is 1.01. The maximum atomic E-state index is 15.1. The number of benzene rings is 13. The van der Waals surface area contributed by atoms with E-state index in [1.807, 2.05) is 48.5 Å². The van der Waals surface area contributed by atoms with E-state index in [0.717, 1.165) is 117 Å². The molecule has 4 heterocycles. The van der Waals surface area contributed by atoms with Crippen LogP contribution < -0.4 is 20.2 Å². The molecule has 0 atom stereocenters. The Morgan fingerprint density at radius 2 is 0.708 bits per heavy atom. The van der Waals surface area contributed by atoms with Gasteiger partial charge in [-0.25, -0.2) is 0 Å². The highest BCUT2D eigenvalue weighted by molar-refractivity contribution is 6.89. The molecule has 1 aliphatic heterocycles. The average Bonchev–Trinajstić information content (AvgIpc) is 1.47. The van der Waals surface area contributed by atoms with Gasteiger partial charge in [0.15, 0.2) is 11.2 Å². The molecule has 96 heavy (non-hydrogen) atoms. The van der Waals surface area contributed by atoms with Crippen molar-refractivity contribution < 1.29 is 35.2 Å². The minimum atomic E-state index is -4.69. The SMILES string of the molecule is C[Si](C)(C)c1ccc(N(c2cc3c(c4ccccc24)-c2c(cc(N(c4ccc([Si](C)(C)C)cc4)c4cccc5c4oc4c(C(F)(F)F)cccc45)c4ccccc24)C32c3ccccc3-n3c4ccccc4c4cccc2c43)c2cccc3c2oc2c(C(F)(F)F)cccc23)cc1. The molecule has 0 bridgehead atoms. The van der Waals surface area contributed by atoms with Crippen LogP contribution in [0.1, 0.15) is 33.4 Å². The predicted molar refractivity (Wildman–Crippen MR) is 387 cm³/mol. The van der Waals surface area contributed by atoms with Crippen LogP contribution in [0.4, 0.5) is 60.5 Å². The largest absolute Gasteiger partial charge is 0.453 e. The van der Waals surface area contributed by atoms with E-state index in [1.165, 1.54) is 22.5 Å². The summed E-state index contributed by atoms with van der Waals surface area (Å²) >= 11 is 0. The fraction of sp³-hybridized carbons (Fsp3) is 0.108. The number of hydrogen-bond acceptors (Lipinski definition) is 4. The standard InChI is InChI=1S/C83H59F6N3O2Si2/c1-95(2,3)50-42-38-48(39-43-50)90(70-36-18-28-60-58-26-16-32-64(82(84,85)86)77(58)93-79(60)70)72-46-66-74(55-23-9-7-20-52(55)72)75-56-24-10-8-21-53(56)73(47-67(75)81(66)62-30-12-14-35-69(62)92-68-34-13-11-22-54(68)57-25-15-31-63(81)76(57)92)91(49-40-44-51(45-41-49)96(4,5)6)71-37-19-29-61-59-27-17-33-65(83(87,88)89)78(59)94-80(61)71/h7-47H,1-6H3. The lowest BCUT2D eigenvalue weighted by atomic mass is 9.65. The number of hydrogen-bond donors (Lipinski definition) is 0. The van der Waals surface area contributed by atoms with Gasteiger partial charge in [-0.3, -0.25) is 0 Å². The van der Waals surface area contributed by atoms with Gasteiger partial charge >= 0.3 is 12.4 Å². The Bertz CT molecular complexity index is 5700. The maximum absolute atomic E-state index is 15.1. The molecule has 0 N–H and O–H groups in total. The minimum absolute atomic E-state index is 0.233. The third-order valence-electron chi connectivity index (χ3n) is 20.3. The van der Waals surface area contributed by atoms with Crippen molar-refractivity contribution in [1.29, 1.82) is 0 Å². The highest BCUT2D eigenvalue weighted by Gasteiger charge is 2.53. The lowest BCUT2D eigenvalue weighted by Gasteiger charge is -2.40. The van der Waals surface area contributed by atoms with Gasteiger partial charge in [-0.15, -0.1) is 0 Å². The van der Waals surface area contributed by atoms with Crippen LogP contribution >= 0.6 is 0 Å². The van der Waals surface area contributed by atoms with Gasteiger partial charge in [0, 0.05) is 54.5 Å². The molecule has 5 nitrogen and oxygen atoms in total. The lowest BCUT2D eigenvalue weighted by molar-refractivity contribution is -0.137. The Labute approximate surface area is 550 Å². The van der Waals surface area contributed by atoms with Gasteiger partial charge in [0.05, 0.1) is 72.2 Å². The van der Waals surface area contributed by atoms with Crippen molar-refractivity contribution in [3.63, 3.8) is 0 Å². The van der Waals surface area contributed by atoms with Gasteiger partial charge in [-0.1, -0.05) is 226 Å². The summed E-state index contributed by atoms with van der Waals surface area (Å²) in [5.41, 5.74) is 10.7. The Kier molecular flexibility index (Phi) is 12.2.